The van der Waals surface area contributed by atoms with E-state index >= 15 is 0 Å². The molecule has 8 N–H and O–H groups in total. The van der Waals surface area contributed by atoms with Crippen molar-refractivity contribution in [2.24, 2.45) is 56.7 Å². The third-order valence-corrected chi connectivity index (χ3v) is 17.7. The molecule has 5 saturated carbocycles. The second-order valence-electron chi connectivity index (χ2n) is 20.2. The van der Waals surface area contributed by atoms with Gasteiger partial charge in [0.2, 0.25) is 0 Å². The number of fused-ring (bicyclic) bond motifs is 7. The Balaban J connectivity index is 1.11. The molecular formula is C42H70O12. The molecular weight excluding hydrogens is 696 g/mol. The lowest BCUT2D eigenvalue weighted by atomic mass is 9.32. The molecule has 2 heterocycles. The van der Waals surface area contributed by atoms with Gasteiger partial charge in [-0.05, 0) is 128 Å². The lowest BCUT2D eigenvalue weighted by Crippen LogP contribution is -2.67. The van der Waals surface area contributed by atoms with E-state index in [1.807, 2.05) is 0 Å². The van der Waals surface area contributed by atoms with Gasteiger partial charge in [-0.1, -0.05) is 46.8 Å². The van der Waals surface area contributed by atoms with Crippen molar-refractivity contribution >= 4 is 0 Å². The SMILES string of the molecule is C=C(C)[C@@H]1CC[C@]2(CO[C@@H]3O[C@H](CO)[C@@H](O)[C@H](O)[C@H]3O)CC[C@]3(C)[C@H](CC[C@@H]4[C@@]5(C)CC[C@H](O[C@@H]6O[C@H](CO)[C@@H](O)[C@H](O)[C@H]6O)C(C)(C)[C@@H]5CC[C@]43C)[C@@H]12. The molecule has 0 radical (unpaired) electrons. The second kappa shape index (κ2) is 14.5. The number of ether oxygens (including phenoxy) is 4. The fourth-order valence-corrected chi connectivity index (χ4v) is 14.5. The Bertz CT molecular complexity index is 1370. The summed E-state index contributed by atoms with van der Waals surface area (Å²) >= 11 is 0. The Kier molecular flexibility index (Phi) is 11.1. The van der Waals surface area contributed by atoms with Gasteiger partial charge in [0, 0.05) is 0 Å². The smallest absolute Gasteiger partial charge is 0.186 e. The average Bonchev–Trinajstić information content (AvgIpc) is 3.52. The van der Waals surface area contributed by atoms with Crippen LogP contribution in [0.25, 0.3) is 0 Å². The van der Waals surface area contributed by atoms with Gasteiger partial charge in [-0.3, -0.25) is 0 Å². The molecule has 12 heteroatoms. The zero-order valence-corrected chi connectivity index (χ0v) is 33.3. The van der Waals surface area contributed by atoms with Crippen LogP contribution in [0.1, 0.15) is 106 Å². The number of allylic oxidation sites excluding steroid dienone is 1. The molecule has 5 aliphatic carbocycles. The fraction of sp³-hybridized carbons (Fsp3) is 0.952. The van der Waals surface area contributed by atoms with Crippen LogP contribution in [0.4, 0.5) is 0 Å². The maximum atomic E-state index is 10.8. The number of aliphatic hydroxyl groups is 8. The van der Waals surface area contributed by atoms with Crippen LogP contribution in [-0.2, 0) is 18.9 Å². The zero-order chi connectivity index (χ0) is 39.3. The molecule has 0 bridgehead atoms. The lowest BCUT2D eigenvalue weighted by Gasteiger charge is -2.73. The first-order chi connectivity index (χ1) is 25.3. The Hall–Kier alpha value is -0.740. The molecule has 0 spiro atoms. The molecule has 2 saturated heterocycles. The molecule has 2 aliphatic heterocycles. The summed E-state index contributed by atoms with van der Waals surface area (Å²) in [5, 5.41) is 82.8. The Morgan fingerprint density at radius 2 is 1.26 bits per heavy atom. The first kappa shape index (κ1) is 41.4. The minimum Gasteiger partial charge on any atom is -0.394 e. The van der Waals surface area contributed by atoms with Crippen LogP contribution in [-0.4, -0.2) is 128 Å². The van der Waals surface area contributed by atoms with E-state index in [0.29, 0.717) is 36.2 Å². The highest BCUT2D eigenvalue weighted by Crippen LogP contribution is 2.77. The van der Waals surface area contributed by atoms with E-state index in [9.17, 15) is 40.9 Å². The maximum Gasteiger partial charge on any atom is 0.186 e. The van der Waals surface area contributed by atoms with Crippen molar-refractivity contribution in [3.8, 4) is 0 Å². The summed E-state index contributed by atoms with van der Waals surface area (Å²) in [6, 6.07) is 0. The van der Waals surface area contributed by atoms with Crippen LogP contribution >= 0.6 is 0 Å². The summed E-state index contributed by atoms with van der Waals surface area (Å²) in [7, 11) is 0. The molecule has 0 aromatic rings. The summed E-state index contributed by atoms with van der Waals surface area (Å²) in [5.41, 5.74) is 1.04. The lowest BCUT2D eigenvalue weighted by molar-refractivity contribution is -0.332. The van der Waals surface area contributed by atoms with Gasteiger partial charge in [-0.25, -0.2) is 0 Å². The molecule has 7 aliphatic rings. The third kappa shape index (κ3) is 6.05. The van der Waals surface area contributed by atoms with E-state index in [0.717, 1.165) is 64.2 Å². The van der Waals surface area contributed by atoms with Gasteiger partial charge in [0.05, 0.1) is 25.9 Å². The average molecular weight is 767 g/mol. The normalized spacial score (nSPS) is 55.6. The van der Waals surface area contributed by atoms with Crippen LogP contribution in [0.5, 0.6) is 0 Å². The molecule has 7 fully saturated rings. The molecule has 0 aromatic carbocycles. The quantitative estimate of drug-likeness (QED) is 0.133. The highest BCUT2D eigenvalue weighted by molar-refractivity contribution is 5.22. The van der Waals surface area contributed by atoms with Crippen molar-refractivity contribution in [1.82, 2.24) is 0 Å². The summed E-state index contributed by atoms with van der Waals surface area (Å²) in [4.78, 5) is 0. The first-order valence-corrected chi connectivity index (χ1v) is 20.8. The van der Waals surface area contributed by atoms with Crippen molar-refractivity contribution in [2.45, 2.75) is 173 Å². The minimum absolute atomic E-state index is 0.0594. The van der Waals surface area contributed by atoms with E-state index in [2.05, 4.69) is 48.1 Å². The van der Waals surface area contributed by atoms with Gasteiger partial charge in [-0.15, -0.1) is 0 Å². The summed E-state index contributed by atoms with van der Waals surface area (Å²) < 4.78 is 24.5. The van der Waals surface area contributed by atoms with Crippen molar-refractivity contribution < 1.29 is 59.8 Å². The number of hydrogen-bond donors (Lipinski definition) is 8. The van der Waals surface area contributed by atoms with E-state index in [1.54, 1.807) is 0 Å². The minimum atomic E-state index is -1.47. The molecule has 0 amide bonds. The van der Waals surface area contributed by atoms with Gasteiger partial charge in [0.1, 0.15) is 48.8 Å². The summed E-state index contributed by atoms with van der Waals surface area (Å²) in [6.45, 7) is 18.3. The standard InChI is InChI=1S/C42H70O12/c1-21(2)22-10-15-42(20-51-36-34(49)32(47)30(45)24(18-43)52-36)17-16-40(6)23(29(22)42)8-9-27-39(5)13-12-28(38(3,4)26(39)11-14-41(27,40)7)54-37-35(50)33(48)31(46)25(19-44)53-37/h22-37,43-50H,1,8-20H2,2-7H3/t22-,23+,24+,25+,26-,27+,28-,29+,30+,31+,32-,33-,34+,35+,36+,37-,39-,40+,41+,42+/m0/s1. The van der Waals surface area contributed by atoms with Crippen LogP contribution in [0.3, 0.4) is 0 Å². The monoisotopic (exact) mass is 766 g/mol. The molecule has 310 valence electrons. The van der Waals surface area contributed by atoms with Crippen molar-refractivity contribution in [1.29, 1.82) is 0 Å². The zero-order valence-electron chi connectivity index (χ0n) is 33.3. The van der Waals surface area contributed by atoms with Crippen LogP contribution in [0.2, 0.25) is 0 Å². The number of rotatable bonds is 8. The van der Waals surface area contributed by atoms with Crippen LogP contribution in [0.15, 0.2) is 12.2 Å². The topological polar surface area (TPSA) is 199 Å². The van der Waals surface area contributed by atoms with Crippen molar-refractivity contribution in [3.63, 3.8) is 0 Å². The molecule has 20 atom stereocenters. The molecule has 7 rings (SSSR count). The predicted molar refractivity (Wildman–Crippen MR) is 197 cm³/mol. The van der Waals surface area contributed by atoms with Gasteiger partial charge >= 0.3 is 0 Å². The Morgan fingerprint density at radius 3 is 1.87 bits per heavy atom. The van der Waals surface area contributed by atoms with Crippen molar-refractivity contribution in [3.05, 3.63) is 12.2 Å². The largest absolute Gasteiger partial charge is 0.394 e. The number of aliphatic hydroxyl groups excluding tert-OH is 8. The first-order valence-electron chi connectivity index (χ1n) is 20.8. The molecule has 0 aromatic heterocycles. The van der Waals surface area contributed by atoms with Gasteiger partial charge in [0.15, 0.2) is 12.6 Å². The van der Waals surface area contributed by atoms with E-state index < -0.39 is 74.6 Å². The number of hydrogen-bond acceptors (Lipinski definition) is 12. The highest BCUT2D eigenvalue weighted by Gasteiger charge is 2.71. The van der Waals surface area contributed by atoms with Gasteiger partial charge in [0.25, 0.3) is 0 Å². The highest BCUT2D eigenvalue weighted by atomic mass is 16.7. The Labute approximate surface area is 321 Å². The van der Waals surface area contributed by atoms with Gasteiger partial charge < -0.3 is 59.8 Å². The maximum absolute atomic E-state index is 10.8. The molecule has 54 heavy (non-hydrogen) atoms. The van der Waals surface area contributed by atoms with Crippen molar-refractivity contribution in [2.75, 3.05) is 19.8 Å². The predicted octanol–water partition coefficient (Wildman–Crippen LogP) is 2.65. The summed E-state index contributed by atoms with van der Waals surface area (Å²) in [5.74, 6) is 2.01. The second-order valence-corrected chi connectivity index (χ2v) is 20.2. The Morgan fingerprint density at radius 1 is 0.648 bits per heavy atom. The van der Waals surface area contributed by atoms with Crippen LogP contribution in [0, 0.1) is 56.7 Å². The molecule has 0 unspecified atom stereocenters. The fourth-order valence-electron chi connectivity index (χ4n) is 14.5. The van der Waals surface area contributed by atoms with E-state index in [-0.39, 0.29) is 33.2 Å². The third-order valence-electron chi connectivity index (χ3n) is 17.7. The van der Waals surface area contributed by atoms with Crippen LogP contribution < -0.4 is 0 Å². The van der Waals surface area contributed by atoms with Gasteiger partial charge in [-0.2, -0.15) is 0 Å². The van der Waals surface area contributed by atoms with E-state index in [1.165, 1.54) is 5.57 Å². The van der Waals surface area contributed by atoms with E-state index in [4.69, 9.17) is 18.9 Å². The summed E-state index contributed by atoms with van der Waals surface area (Å²) in [6.07, 6.45) is -2.95. The molecule has 12 nitrogen and oxygen atoms in total.